The van der Waals surface area contributed by atoms with Crippen molar-refractivity contribution < 1.29 is 29.4 Å². The molecule has 10 heteroatoms. The number of aromatic nitrogens is 1. The molecule has 3 aromatic rings. The molecule has 0 saturated carbocycles. The van der Waals surface area contributed by atoms with E-state index in [4.69, 9.17) is 15.1 Å². The van der Waals surface area contributed by atoms with Crippen LogP contribution in [0.4, 0.5) is 10.5 Å². The zero-order chi connectivity index (χ0) is 24.2. The SMILES string of the molecule is Cc1cc(COc2ccc(N3CC[C@H]([C@H](NC(=O)O)C(=O)NO)C3=O)cc2)c2ccccc2n1. The van der Waals surface area contributed by atoms with Gasteiger partial charge in [-0.1, -0.05) is 18.2 Å². The average molecular weight is 464 g/mol. The smallest absolute Gasteiger partial charge is 0.405 e. The fraction of sp³-hybridized carbons (Fsp3) is 0.250. The number of nitrogens with zero attached hydrogens (tertiary/aromatic N) is 2. The number of pyridine rings is 1. The summed E-state index contributed by atoms with van der Waals surface area (Å²) in [6, 6.07) is 15.4. The maximum Gasteiger partial charge on any atom is 0.405 e. The van der Waals surface area contributed by atoms with Crippen LogP contribution in [0.5, 0.6) is 5.75 Å². The van der Waals surface area contributed by atoms with Crippen molar-refractivity contribution in [3.63, 3.8) is 0 Å². The van der Waals surface area contributed by atoms with Crippen molar-refractivity contribution in [2.24, 2.45) is 5.92 Å². The number of hydroxylamine groups is 1. The van der Waals surface area contributed by atoms with E-state index in [9.17, 15) is 14.4 Å². The molecular weight excluding hydrogens is 440 g/mol. The molecule has 2 heterocycles. The van der Waals surface area contributed by atoms with E-state index in [0.29, 0.717) is 24.6 Å². The number of carbonyl (C=O) groups excluding carboxylic acids is 2. The van der Waals surface area contributed by atoms with Crippen molar-refractivity contribution in [1.29, 1.82) is 0 Å². The lowest BCUT2D eigenvalue weighted by Gasteiger charge is -2.21. The monoisotopic (exact) mass is 464 g/mol. The highest BCUT2D eigenvalue weighted by molar-refractivity contribution is 6.01. The number of hydrogen-bond donors (Lipinski definition) is 4. The maximum absolute atomic E-state index is 12.9. The Morgan fingerprint density at radius 2 is 1.94 bits per heavy atom. The molecule has 10 nitrogen and oxygen atoms in total. The first-order valence-electron chi connectivity index (χ1n) is 10.7. The fourth-order valence-corrected chi connectivity index (χ4v) is 4.22. The first-order chi connectivity index (χ1) is 16.4. The van der Waals surface area contributed by atoms with Gasteiger partial charge in [-0.05, 0) is 49.7 Å². The largest absolute Gasteiger partial charge is 0.489 e. The van der Waals surface area contributed by atoms with E-state index in [-0.39, 0.29) is 6.42 Å². The fourth-order valence-electron chi connectivity index (χ4n) is 4.22. The Bertz CT molecular complexity index is 1230. The highest BCUT2D eigenvalue weighted by atomic mass is 16.5. The first kappa shape index (κ1) is 23.0. The number of aryl methyl sites for hydroxylation is 1. The van der Waals surface area contributed by atoms with E-state index in [1.165, 1.54) is 10.4 Å². The molecule has 0 radical (unpaired) electrons. The van der Waals surface area contributed by atoms with Gasteiger partial charge < -0.3 is 20.1 Å². The van der Waals surface area contributed by atoms with Crippen molar-refractivity contribution in [3.05, 3.63) is 65.9 Å². The normalized spacial score (nSPS) is 16.4. The topological polar surface area (TPSA) is 141 Å². The minimum atomic E-state index is -1.46. The lowest BCUT2D eigenvalue weighted by molar-refractivity contribution is -0.135. The van der Waals surface area contributed by atoms with Gasteiger partial charge in [-0.25, -0.2) is 10.3 Å². The molecule has 0 aliphatic carbocycles. The quantitative estimate of drug-likeness (QED) is 0.311. The molecule has 34 heavy (non-hydrogen) atoms. The number of anilines is 1. The average Bonchev–Trinajstić information content (AvgIpc) is 3.21. The number of amides is 3. The number of carboxylic acid groups (broad SMARTS) is 1. The molecule has 176 valence electrons. The van der Waals surface area contributed by atoms with Gasteiger partial charge in [0.05, 0.1) is 11.4 Å². The minimum Gasteiger partial charge on any atom is -0.489 e. The summed E-state index contributed by atoms with van der Waals surface area (Å²) in [4.78, 5) is 41.8. The van der Waals surface area contributed by atoms with Crippen molar-refractivity contribution in [2.45, 2.75) is 26.0 Å². The highest BCUT2D eigenvalue weighted by Crippen LogP contribution is 2.29. The summed E-state index contributed by atoms with van der Waals surface area (Å²) in [5.74, 6) is -1.70. The Morgan fingerprint density at radius 1 is 1.21 bits per heavy atom. The lowest BCUT2D eigenvalue weighted by Crippen LogP contribution is -2.52. The van der Waals surface area contributed by atoms with Crippen LogP contribution in [0, 0.1) is 12.8 Å². The van der Waals surface area contributed by atoms with Crippen LogP contribution in [-0.2, 0) is 16.2 Å². The number of ether oxygens (including phenoxy) is 1. The van der Waals surface area contributed by atoms with Crippen LogP contribution in [-0.4, -0.2) is 45.8 Å². The Balaban J connectivity index is 1.45. The van der Waals surface area contributed by atoms with Crippen LogP contribution in [0.3, 0.4) is 0 Å². The van der Waals surface area contributed by atoms with E-state index >= 15 is 0 Å². The number of carbonyl (C=O) groups is 3. The summed E-state index contributed by atoms with van der Waals surface area (Å²) in [7, 11) is 0. The minimum absolute atomic E-state index is 0.254. The number of fused-ring (bicyclic) bond motifs is 1. The lowest BCUT2D eigenvalue weighted by atomic mass is 9.97. The number of benzene rings is 2. The molecule has 1 aromatic heterocycles. The summed E-state index contributed by atoms with van der Waals surface area (Å²) < 4.78 is 5.96. The molecule has 1 fully saturated rings. The van der Waals surface area contributed by atoms with E-state index in [1.807, 2.05) is 42.6 Å². The standard InChI is InChI=1S/C24H24N4O6/c1-14-12-15(18-4-2-3-5-20(18)25-14)13-34-17-8-6-16(7-9-17)28-11-10-19(23(28)30)21(22(29)27-33)26-24(31)32/h2-9,12,19,21,26,33H,10-11,13H2,1H3,(H,27,29)(H,31,32)/t19-,21+/m1/s1. The van der Waals surface area contributed by atoms with Gasteiger partial charge in [0.15, 0.2) is 0 Å². The van der Waals surface area contributed by atoms with Crippen LogP contribution in [0.15, 0.2) is 54.6 Å². The predicted molar refractivity (Wildman–Crippen MR) is 123 cm³/mol. The summed E-state index contributed by atoms with van der Waals surface area (Å²) in [5, 5.41) is 20.9. The molecule has 4 N–H and O–H groups in total. The van der Waals surface area contributed by atoms with Crippen LogP contribution >= 0.6 is 0 Å². The molecule has 0 spiro atoms. The summed E-state index contributed by atoms with van der Waals surface area (Å²) in [6.07, 6.45) is -1.21. The molecule has 0 unspecified atom stereocenters. The first-order valence-corrected chi connectivity index (χ1v) is 10.7. The van der Waals surface area contributed by atoms with Crippen LogP contribution in [0.1, 0.15) is 17.7 Å². The van der Waals surface area contributed by atoms with Gasteiger partial charge in [0.25, 0.3) is 5.91 Å². The number of rotatable bonds is 7. The second kappa shape index (κ2) is 9.75. The third-order valence-corrected chi connectivity index (χ3v) is 5.79. The maximum atomic E-state index is 12.9. The number of hydrogen-bond acceptors (Lipinski definition) is 6. The zero-order valence-electron chi connectivity index (χ0n) is 18.4. The molecule has 3 amide bonds. The zero-order valence-corrected chi connectivity index (χ0v) is 18.4. The van der Waals surface area contributed by atoms with Gasteiger partial charge in [-0.15, -0.1) is 0 Å². The molecule has 1 aliphatic heterocycles. The van der Waals surface area contributed by atoms with E-state index in [0.717, 1.165) is 22.2 Å². The van der Waals surface area contributed by atoms with Gasteiger partial charge in [-0.2, -0.15) is 0 Å². The number of para-hydroxylation sites is 1. The Hall–Kier alpha value is -4.18. The van der Waals surface area contributed by atoms with Gasteiger partial charge >= 0.3 is 6.09 Å². The van der Waals surface area contributed by atoms with Crippen LogP contribution in [0.25, 0.3) is 10.9 Å². The summed E-state index contributed by atoms with van der Waals surface area (Å²) in [6.45, 7) is 2.60. The molecule has 2 aromatic carbocycles. The highest BCUT2D eigenvalue weighted by Gasteiger charge is 2.42. The van der Waals surface area contributed by atoms with Gasteiger partial charge in [0.2, 0.25) is 5.91 Å². The Kier molecular flexibility index (Phi) is 6.60. The second-order valence-electron chi connectivity index (χ2n) is 8.01. The predicted octanol–water partition coefficient (Wildman–Crippen LogP) is 2.62. The molecule has 2 atom stereocenters. The Labute approximate surface area is 195 Å². The van der Waals surface area contributed by atoms with E-state index in [2.05, 4.69) is 4.98 Å². The van der Waals surface area contributed by atoms with Crippen molar-refractivity contribution in [1.82, 2.24) is 15.8 Å². The van der Waals surface area contributed by atoms with Crippen LogP contribution in [0.2, 0.25) is 0 Å². The molecule has 0 bridgehead atoms. The van der Waals surface area contributed by atoms with Gasteiger partial charge in [-0.3, -0.25) is 19.8 Å². The molecule has 4 rings (SSSR count). The van der Waals surface area contributed by atoms with E-state index < -0.39 is 29.9 Å². The van der Waals surface area contributed by atoms with Crippen molar-refractivity contribution >= 4 is 34.5 Å². The third kappa shape index (κ3) is 4.76. The molecule has 1 aliphatic rings. The second-order valence-corrected chi connectivity index (χ2v) is 8.01. The van der Waals surface area contributed by atoms with Crippen LogP contribution < -0.4 is 20.4 Å². The van der Waals surface area contributed by atoms with Crippen molar-refractivity contribution in [3.8, 4) is 5.75 Å². The number of nitrogens with one attached hydrogen (secondary N) is 2. The van der Waals surface area contributed by atoms with Crippen molar-refractivity contribution in [2.75, 3.05) is 11.4 Å². The molecule has 1 saturated heterocycles. The molecular formula is C24H24N4O6. The third-order valence-electron chi connectivity index (χ3n) is 5.79. The summed E-state index contributed by atoms with van der Waals surface area (Å²) >= 11 is 0. The van der Waals surface area contributed by atoms with E-state index in [1.54, 1.807) is 24.3 Å². The summed E-state index contributed by atoms with van der Waals surface area (Å²) in [5.41, 5.74) is 4.84. The van der Waals surface area contributed by atoms with Gasteiger partial charge in [0.1, 0.15) is 18.4 Å². The van der Waals surface area contributed by atoms with Gasteiger partial charge in [0, 0.05) is 28.9 Å². The Morgan fingerprint density at radius 3 is 2.65 bits per heavy atom.